The summed E-state index contributed by atoms with van der Waals surface area (Å²) >= 11 is 6.21. The van der Waals surface area contributed by atoms with Gasteiger partial charge in [0.15, 0.2) is 10.8 Å². The second-order valence-electron chi connectivity index (χ2n) is 9.04. The molecule has 10 heteroatoms. The van der Waals surface area contributed by atoms with Crippen molar-refractivity contribution in [1.82, 2.24) is 19.9 Å². The molecular weight excluding hydrogens is 424 g/mol. The van der Waals surface area contributed by atoms with E-state index in [0.717, 1.165) is 5.69 Å². The largest absolute Gasteiger partial charge is 0.352 e. The number of hydrogen-bond donors (Lipinski definition) is 1. The molecule has 0 aliphatic heterocycles. The van der Waals surface area contributed by atoms with Crippen molar-refractivity contribution in [2.75, 3.05) is 0 Å². The summed E-state index contributed by atoms with van der Waals surface area (Å²) in [6.45, 7) is 0.132. The molecule has 1 amide bonds. The van der Waals surface area contributed by atoms with Crippen LogP contribution in [0.5, 0.6) is 0 Å². The number of imidazole rings is 1. The van der Waals surface area contributed by atoms with Gasteiger partial charge in [-0.3, -0.25) is 4.79 Å². The number of aromatic nitrogens is 3. The third-order valence-electron chi connectivity index (χ3n) is 6.69. The zero-order valence-corrected chi connectivity index (χ0v) is 16.8. The topological polar surface area (TPSA) is 59.3 Å². The van der Waals surface area contributed by atoms with Crippen molar-refractivity contribution in [1.29, 1.82) is 0 Å². The van der Waals surface area contributed by atoms with Crippen molar-refractivity contribution in [3.8, 4) is 0 Å². The molecular formula is C20H21ClF4N4O. The van der Waals surface area contributed by atoms with Crippen LogP contribution in [0.3, 0.4) is 0 Å². The minimum Gasteiger partial charge on any atom is -0.352 e. The molecule has 162 valence electrons. The molecule has 2 atom stereocenters. The highest BCUT2D eigenvalue weighted by molar-refractivity contribution is 6.30. The lowest BCUT2D eigenvalue weighted by atomic mass is 9.79. The van der Waals surface area contributed by atoms with Crippen molar-refractivity contribution >= 4 is 23.2 Å². The normalized spacial score (nSPS) is 28.9. The molecule has 5 rings (SSSR count). The van der Waals surface area contributed by atoms with E-state index < -0.39 is 23.7 Å². The summed E-state index contributed by atoms with van der Waals surface area (Å²) in [4.78, 5) is 16.5. The quantitative estimate of drug-likeness (QED) is 0.677. The van der Waals surface area contributed by atoms with Gasteiger partial charge in [-0.2, -0.15) is 5.10 Å². The summed E-state index contributed by atoms with van der Waals surface area (Å²) in [5, 5.41) is 7.16. The fourth-order valence-corrected chi connectivity index (χ4v) is 5.25. The van der Waals surface area contributed by atoms with Crippen molar-refractivity contribution in [2.45, 2.75) is 56.9 Å². The van der Waals surface area contributed by atoms with E-state index in [2.05, 4.69) is 15.4 Å². The number of carbonyl (C=O) groups is 1. The van der Waals surface area contributed by atoms with Gasteiger partial charge in [-0.15, -0.1) is 0 Å². The Balaban J connectivity index is 1.18. The van der Waals surface area contributed by atoms with Gasteiger partial charge in [-0.05, 0) is 37.2 Å². The van der Waals surface area contributed by atoms with Crippen molar-refractivity contribution in [2.24, 2.45) is 23.7 Å². The molecule has 3 saturated carbocycles. The standard InChI is InChI=1S/C20H21ClF4N4O/c21-18-12(8-26-17(30)4-11-6-19(22,23)7-11)5-16-27-13(9-29(16)28-18)1-10-2-14-15(3-10)20(14,24)25/h5,9-11,14-15H,1-4,6-8H2,(H,26,30). The van der Waals surface area contributed by atoms with Gasteiger partial charge in [0.1, 0.15) is 0 Å². The molecule has 3 aliphatic rings. The maximum absolute atomic E-state index is 13.4. The Kier molecular flexibility index (Phi) is 4.54. The molecule has 0 aromatic carbocycles. The minimum atomic E-state index is -2.64. The Morgan fingerprint density at radius 2 is 1.90 bits per heavy atom. The van der Waals surface area contributed by atoms with Gasteiger partial charge in [-0.1, -0.05) is 11.6 Å². The van der Waals surface area contributed by atoms with Crippen LogP contribution < -0.4 is 5.32 Å². The van der Waals surface area contributed by atoms with Crippen LogP contribution in [0.15, 0.2) is 12.3 Å². The third-order valence-corrected chi connectivity index (χ3v) is 7.01. The summed E-state index contributed by atoms with van der Waals surface area (Å²) < 4.78 is 54.0. The Morgan fingerprint density at radius 3 is 2.57 bits per heavy atom. The van der Waals surface area contributed by atoms with Crippen LogP contribution in [0, 0.1) is 23.7 Å². The summed E-state index contributed by atoms with van der Waals surface area (Å²) in [6, 6.07) is 1.72. The highest BCUT2D eigenvalue weighted by atomic mass is 35.5. The van der Waals surface area contributed by atoms with Crippen LogP contribution in [-0.4, -0.2) is 32.4 Å². The number of nitrogens with zero attached hydrogens (tertiary/aromatic N) is 3. The van der Waals surface area contributed by atoms with Crippen LogP contribution in [0.1, 0.15) is 43.4 Å². The molecule has 5 nitrogen and oxygen atoms in total. The first-order valence-electron chi connectivity index (χ1n) is 10.2. The van der Waals surface area contributed by atoms with E-state index in [1.54, 1.807) is 16.8 Å². The number of halogens is 5. The number of carbonyl (C=O) groups excluding carboxylic acids is 1. The van der Waals surface area contributed by atoms with E-state index >= 15 is 0 Å². The Morgan fingerprint density at radius 1 is 1.20 bits per heavy atom. The Labute approximate surface area is 175 Å². The van der Waals surface area contributed by atoms with E-state index in [4.69, 9.17) is 11.6 Å². The van der Waals surface area contributed by atoms with Gasteiger partial charge in [-0.25, -0.2) is 27.1 Å². The molecule has 0 bridgehead atoms. The van der Waals surface area contributed by atoms with E-state index in [9.17, 15) is 22.4 Å². The smallest absolute Gasteiger partial charge is 0.254 e. The lowest BCUT2D eigenvalue weighted by Gasteiger charge is -2.34. The average molecular weight is 445 g/mol. The maximum Gasteiger partial charge on any atom is 0.254 e. The molecule has 3 fully saturated rings. The Bertz CT molecular complexity index is 988. The van der Waals surface area contributed by atoms with Crippen LogP contribution in [0.2, 0.25) is 5.15 Å². The van der Waals surface area contributed by atoms with E-state index in [0.29, 0.717) is 30.5 Å². The summed E-state index contributed by atoms with van der Waals surface area (Å²) in [5.74, 6) is -6.41. The second-order valence-corrected chi connectivity index (χ2v) is 9.39. The van der Waals surface area contributed by atoms with Crippen LogP contribution >= 0.6 is 11.6 Å². The van der Waals surface area contributed by atoms with Gasteiger partial charge in [0.25, 0.3) is 5.92 Å². The van der Waals surface area contributed by atoms with Gasteiger partial charge in [0, 0.05) is 43.2 Å². The highest BCUT2D eigenvalue weighted by Crippen LogP contribution is 2.66. The molecule has 2 aromatic heterocycles. The SMILES string of the molecule is O=C(CC1CC(F)(F)C1)NCc1cc2nc(CC3CC4C(C3)C4(F)F)cn2nc1Cl. The predicted octanol–water partition coefficient (Wildman–Crippen LogP) is 4.27. The minimum absolute atomic E-state index is 0.0683. The molecule has 0 spiro atoms. The zero-order chi connectivity index (χ0) is 21.3. The predicted molar refractivity (Wildman–Crippen MR) is 100 cm³/mol. The van der Waals surface area contributed by atoms with E-state index in [1.807, 2.05) is 0 Å². The van der Waals surface area contributed by atoms with Gasteiger partial charge in [0.05, 0.1) is 11.9 Å². The van der Waals surface area contributed by atoms with E-state index in [1.165, 1.54) is 0 Å². The van der Waals surface area contributed by atoms with Crippen molar-refractivity contribution < 1.29 is 22.4 Å². The molecule has 3 aliphatic carbocycles. The first-order chi connectivity index (χ1) is 14.1. The van der Waals surface area contributed by atoms with Crippen LogP contribution in [-0.2, 0) is 17.8 Å². The van der Waals surface area contributed by atoms with Crippen LogP contribution in [0.4, 0.5) is 17.6 Å². The molecule has 2 heterocycles. The number of rotatable bonds is 6. The average Bonchev–Trinajstić information content (AvgIpc) is 3.01. The lowest BCUT2D eigenvalue weighted by Crippen LogP contribution is -2.38. The molecule has 1 N–H and O–H groups in total. The molecule has 2 aromatic rings. The highest BCUT2D eigenvalue weighted by Gasteiger charge is 2.71. The van der Waals surface area contributed by atoms with Gasteiger partial charge < -0.3 is 5.32 Å². The first-order valence-corrected chi connectivity index (χ1v) is 10.5. The van der Waals surface area contributed by atoms with Crippen LogP contribution in [0.25, 0.3) is 5.65 Å². The fraction of sp³-hybridized carbons (Fsp3) is 0.650. The molecule has 2 unspecified atom stereocenters. The maximum atomic E-state index is 13.4. The summed E-state index contributed by atoms with van der Waals surface area (Å²) in [5.41, 5.74) is 1.92. The number of nitrogens with one attached hydrogen (secondary N) is 1. The second kappa shape index (κ2) is 6.80. The number of amides is 1. The van der Waals surface area contributed by atoms with Crippen molar-refractivity contribution in [3.05, 3.63) is 28.7 Å². The lowest BCUT2D eigenvalue weighted by molar-refractivity contribution is -0.133. The number of alkyl halides is 4. The molecule has 30 heavy (non-hydrogen) atoms. The summed E-state index contributed by atoms with van der Waals surface area (Å²) in [7, 11) is 0. The van der Waals surface area contributed by atoms with Crippen molar-refractivity contribution in [3.63, 3.8) is 0 Å². The monoisotopic (exact) mass is 444 g/mol. The number of fused-ring (bicyclic) bond motifs is 2. The van der Waals surface area contributed by atoms with Gasteiger partial charge >= 0.3 is 0 Å². The molecule has 0 saturated heterocycles. The fourth-order valence-electron chi connectivity index (χ4n) is 5.05. The molecule has 0 radical (unpaired) electrons. The zero-order valence-electron chi connectivity index (χ0n) is 16.1. The third kappa shape index (κ3) is 3.65. The van der Waals surface area contributed by atoms with Gasteiger partial charge in [0.2, 0.25) is 11.8 Å². The summed E-state index contributed by atoms with van der Waals surface area (Å²) in [6.07, 6.45) is 3.02. The number of hydrogen-bond acceptors (Lipinski definition) is 3. The van der Waals surface area contributed by atoms with E-state index in [-0.39, 0.29) is 48.7 Å². The Hall–Kier alpha value is -1.90. The first kappa shape index (κ1) is 20.0.